The van der Waals surface area contributed by atoms with Crippen molar-refractivity contribution in [2.24, 2.45) is 39.7 Å². The van der Waals surface area contributed by atoms with Crippen molar-refractivity contribution in [3.05, 3.63) is 11.6 Å². The van der Waals surface area contributed by atoms with E-state index in [1.54, 1.807) is 0 Å². The Morgan fingerprint density at radius 1 is 1.15 bits per heavy atom. The van der Waals surface area contributed by atoms with Crippen molar-refractivity contribution < 1.29 is 32.4 Å². The maximum absolute atomic E-state index is 13.2. The minimum absolute atomic E-state index is 0.0260. The summed E-state index contributed by atoms with van der Waals surface area (Å²) in [6.07, 6.45) is 4.62. The third-order valence-electron chi connectivity index (χ3n) is 11.0. The van der Waals surface area contributed by atoms with E-state index in [-0.39, 0.29) is 35.9 Å². The number of nitrogens with one attached hydrogen (secondary N) is 1. The Morgan fingerprint density at radius 3 is 2.56 bits per heavy atom. The molecule has 1 amide bonds. The second-order valence-corrected chi connectivity index (χ2v) is 14.7. The number of aliphatic hydroxyl groups is 1. The van der Waals surface area contributed by atoms with Gasteiger partial charge in [-0.1, -0.05) is 30.7 Å². The summed E-state index contributed by atoms with van der Waals surface area (Å²) in [6.45, 7) is 6.84. The van der Waals surface area contributed by atoms with Crippen molar-refractivity contribution in [2.45, 2.75) is 84.4 Å². The predicted molar refractivity (Wildman–Crippen MR) is 154 cm³/mol. The third kappa shape index (κ3) is 7.29. The summed E-state index contributed by atoms with van der Waals surface area (Å²) in [7, 11) is 6.12. The van der Waals surface area contributed by atoms with E-state index >= 15 is 0 Å². The van der Waals surface area contributed by atoms with Crippen molar-refractivity contribution in [1.82, 2.24) is 10.2 Å². The van der Waals surface area contributed by atoms with Gasteiger partial charge in [-0.25, -0.2) is 4.79 Å². The molecule has 0 aromatic heterocycles. The standard InChI is InChI=1S/C31H52F3N4O3/c1-21(36-41-28(40)37(20-31(32,33)34)17-15-35-16-18-38(4,5)6)25-9-10-26-24-8-7-22-19-23(39)11-13-29(22,2)27(24)12-14-30(25,26)3/h7,23-27,35,39H,8-20H2,1-6H3/q+1/b36-21+/t23-,24-,25+,26-,27-,29-,30+/m0/s1. The number of aliphatic hydroxyl groups excluding tert-OH is 1. The molecule has 3 saturated carbocycles. The molecular weight excluding hydrogens is 533 g/mol. The van der Waals surface area contributed by atoms with Crippen LogP contribution in [-0.4, -0.2) is 92.4 Å². The first-order valence-electron chi connectivity index (χ1n) is 15.5. The fourth-order valence-corrected chi connectivity index (χ4v) is 8.77. The number of rotatable bonds is 9. The third-order valence-corrected chi connectivity index (χ3v) is 11.0. The van der Waals surface area contributed by atoms with Gasteiger partial charge >= 0.3 is 12.3 Å². The van der Waals surface area contributed by atoms with Gasteiger partial charge in [0.05, 0.1) is 39.5 Å². The largest absolute Gasteiger partial charge is 0.436 e. The van der Waals surface area contributed by atoms with Crippen molar-refractivity contribution in [3.8, 4) is 0 Å². The number of hydrogen-bond donors (Lipinski definition) is 2. The van der Waals surface area contributed by atoms with Crippen LogP contribution in [0.4, 0.5) is 18.0 Å². The van der Waals surface area contributed by atoms with E-state index in [1.165, 1.54) is 5.57 Å². The SMILES string of the molecule is C/C(=N\OC(=O)N(CCNCC[N+](C)(C)C)CC(F)(F)F)[C@H]1CC[C@H]2[C@@H]3CC=C4C[C@@H](O)CC[C@]4(C)[C@H]3CC[C@]12C. The van der Waals surface area contributed by atoms with E-state index < -0.39 is 18.8 Å². The van der Waals surface area contributed by atoms with E-state index in [4.69, 9.17) is 4.84 Å². The highest BCUT2D eigenvalue weighted by molar-refractivity contribution is 5.85. The number of alkyl halides is 3. The van der Waals surface area contributed by atoms with E-state index in [1.807, 2.05) is 28.1 Å². The predicted octanol–water partition coefficient (Wildman–Crippen LogP) is 5.60. The van der Waals surface area contributed by atoms with Crippen molar-refractivity contribution in [3.63, 3.8) is 0 Å². The molecule has 4 rings (SSSR count). The van der Waals surface area contributed by atoms with Crippen molar-refractivity contribution in [1.29, 1.82) is 0 Å². The van der Waals surface area contributed by atoms with Crippen LogP contribution in [0.1, 0.15) is 72.1 Å². The molecule has 2 N–H and O–H groups in total. The van der Waals surface area contributed by atoms with Gasteiger partial charge in [0.15, 0.2) is 0 Å². The second kappa shape index (κ2) is 12.2. The zero-order valence-corrected chi connectivity index (χ0v) is 25.9. The van der Waals surface area contributed by atoms with Gasteiger partial charge in [0.25, 0.3) is 0 Å². The minimum atomic E-state index is -4.52. The van der Waals surface area contributed by atoms with Crippen LogP contribution in [0.15, 0.2) is 16.8 Å². The van der Waals surface area contributed by atoms with Gasteiger partial charge in [-0.2, -0.15) is 13.2 Å². The highest BCUT2D eigenvalue weighted by atomic mass is 19.4. The molecule has 0 heterocycles. The highest BCUT2D eigenvalue weighted by Gasteiger charge is 2.59. The van der Waals surface area contributed by atoms with Gasteiger partial charge < -0.3 is 14.9 Å². The fourth-order valence-electron chi connectivity index (χ4n) is 8.77. The molecule has 4 aliphatic carbocycles. The summed E-state index contributed by atoms with van der Waals surface area (Å²) in [4.78, 5) is 18.6. The lowest BCUT2D eigenvalue weighted by Crippen LogP contribution is -2.51. The number of carbonyl (C=O) groups excluding carboxylic acids is 1. The van der Waals surface area contributed by atoms with Crippen LogP contribution in [0.3, 0.4) is 0 Å². The number of halogens is 3. The Kier molecular flexibility index (Phi) is 9.56. The number of fused-ring (bicyclic) bond motifs is 5. The Labute approximate surface area is 244 Å². The molecule has 0 unspecified atom stereocenters. The molecule has 0 bridgehead atoms. The maximum atomic E-state index is 13.2. The van der Waals surface area contributed by atoms with Gasteiger partial charge in [0, 0.05) is 25.6 Å². The number of quaternary nitrogens is 1. The number of likely N-dealkylation sites (N-methyl/N-ethyl adjacent to an activating group) is 1. The number of allylic oxidation sites excluding steroid dienone is 1. The van der Waals surface area contributed by atoms with Crippen LogP contribution in [-0.2, 0) is 4.84 Å². The summed E-state index contributed by atoms with van der Waals surface area (Å²) in [5, 5.41) is 17.5. The van der Waals surface area contributed by atoms with Crippen LogP contribution < -0.4 is 5.32 Å². The number of oxime groups is 1. The summed E-state index contributed by atoms with van der Waals surface area (Å²) in [5.74, 6) is 1.88. The summed E-state index contributed by atoms with van der Waals surface area (Å²) in [5.41, 5.74) is 2.35. The van der Waals surface area contributed by atoms with Gasteiger partial charge in [-0.05, 0) is 86.9 Å². The number of hydrogen-bond acceptors (Lipinski definition) is 5. The molecule has 0 saturated heterocycles. The molecule has 7 nitrogen and oxygen atoms in total. The molecule has 10 heteroatoms. The second-order valence-electron chi connectivity index (χ2n) is 14.7. The molecule has 0 spiro atoms. The molecule has 0 radical (unpaired) electrons. The lowest BCUT2D eigenvalue weighted by Gasteiger charge is -2.58. The minimum Gasteiger partial charge on any atom is -0.393 e. The van der Waals surface area contributed by atoms with E-state index in [0.717, 1.165) is 62.4 Å². The Hall–Kier alpha value is -1.65. The average Bonchev–Trinajstić information content (AvgIpc) is 3.22. The highest BCUT2D eigenvalue weighted by Crippen LogP contribution is 2.66. The number of carbonyl (C=O) groups is 1. The topological polar surface area (TPSA) is 74.2 Å². The van der Waals surface area contributed by atoms with Gasteiger partial charge in [-0.3, -0.25) is 9.74 Å². The lowest BCUT2D eigenvalue weighted by atomic mass is 9.47. The van der Waals surface area contributed by atoms with Crippen LogP contribution in [0, 0.1) is 34.5 Å². The number of amides is 1. The van der Waals surface area contributed by atoms with E-state index in [2.05, 4.69) is 30.4 Å². The van der Waals surface area contributed by atoms with Crippen LogP contribution >= 0.6 is 0 Å². The quantitative estimate of drug-likeness (QED) is 0.0923. The normalized spacial score (nSPS) is 35.7. The molecule has 41 heavy (non-hydrogen) atoms. The molecule has 3 fully saturated rings. The first-order chi connectivity index (χ1) is 19.0. The van der Waals surface area contributed by atoms with Crippen LogP contribution in [0.5, 0.6) is 0 Å². The smallest absolute Gasteiger partial charge is 0.393 e. The summed E-state index contributed by atoms with van der Waals surface area (Å²) >= 11 is 0. The first kappa shape index (κ1) is 32.3. The molecule has 0 aromatic rings. The number of nitrogens with zero attached hydrogens (tertiary/aromatic N) is 3. The average molecular weight is 586 g/mol. The Bertz CT molecular complexity index is 1010. The molecule has 0 aliphatic heterocycles. The maximum Gasteiger partial charge on any atom is 0.436 e. The molecular formula is C31H52F3N4O3+. The summed E-state index contributed by atoms with van der Waals surface area (Å²) in [6, 6.07) is 0. The van der Waals surface area contributed by atoms with Gasteiger partial charge in [0.2, 0.25) is 0 Å². The van der Waals surface area contributed by atoms with Crippen LogP contribution in [0.2, 0.25) is 0 Å². The van der Waals surface area contributed by atoms with Crippen molar-refractivity contribution in [2.75, 3.05) is 53.9 Å². The zero-order valence-electron chi connectivity index (χ0n) is 25.9. The molecule has 234 valence electrons. The zero-order chi connectivity index (χ0) is 30.2. The van der Waals surface area contributed by atoms with E-state index in [0.29, 0.717) is 34.9 Å². The summed E-state index contributed by atoms with van der Waals surface area (Å²) < 4.78 is 40.5. The van der Waals surface area contributed by atoms with E-state index in [9.17, 15) is 23.1 Å². The molecule has 4 aliphatic rings. The van der Waals surface area contributed by atoms with Gasteiger partial charge in [0.1, 0.15) is 6.54 Å². The monoisotopic (exact) mass is 585 g/mol. The van der Waals surface area contributed by atoms with Gasteiger partial charge in [-0.15, -0.1) is 0 Å². The Balaban J connectivity index is 1.39. The fraction of sp³-hybridized carbons (Fsp3) is 0.871. The first-order valence-corrected chi connectivity index (χ1v) is 15.5. The molecule has 0 aromatic carbocycles. The molecule has 7 atom stereocenters. The van der Waals surface area contributed by atoms with Crippen LogP contribution in [0.25, 0.3) is 0 Å². The van der Waals surface area contributed by atoms with Crippen molar-refractivity contribution >= 4 is 11.8 Å². The Morgan fingerprint density at radius 2 is 1.88 bits per heavy atom. The lowest BCUT2D eigenvalue weighted by molar-refractivity contribution is -0.869.